The van der Waals surface area contributed by atoms with Crippen molar-refractivity contribution in [1.82, 2.24) is 10.2 Å². The Morgan fingerprint density at radius 2 is 2.32 bits per heavy atom. The topological polar surface area (TPSA) is 41.6 Å². The summed E-state index contributed by atoms with van der Waals surface area (Å²) in [5, 5.41) is 3.34. The highest BCUT2D eigenvalue weighted by Gasteiger charge is 2.19. The molecule has 0 aromatic heterocycles. The third-order valence-electron chi connectivity index (χ3n) is 3.56. The average molecular weight is 262 g/mol. The third kappa shape index (κ3) is 3.33. The summed E-state index contributed by atoms with van der Waals surface area (Å²) in [6.45, 7) is 3.23. The van der Waals surface area contributed by atoms with Crippen LogP contribution in [-0.2, 0) is 17.7 Å². The zero-order valence-electron chi connectivity index (χ0n) is 11.7. The molecule has 4 nitrogen and oxygen atoms in total. The second-order valence-electron chi connectivity index (χ2n) is 4.94. The lowest BCUT2D eigenvalue weighted by atomic mass is 9.95. The van der Waals surface area contributed by atoms with Gasteiger partial charge >= 0.3 is 0 Å². The Morgan fingerprint density at radius 1 is 1.47 bits per heavy atom. The highest BCUT2D eigenvalue weighted by Crippen LogP contribution is 2.19. The van der Waals surface area contributed by atoms with E-state index in [9.17, 15) is 4.79 Å². The van der Waals surface area contributed by atoms with Crippen molar-refractivity contribution >= 4 is 5.91 Å². The van der Waals surface area contributed by atoms with Gasteiger partial charge < -0.3 is 15.0 Å². The molecule has 0 atom stereocenters. The van der Waals surface area contributed by atoms with Crippen LogP contribution in [0.25, 0.3) is 0 Å². The maximum Gasteiger partial charge on any atom is 0.253 e. The number of hydrogen-bond acceptors (Lipinski definition) is 3. The second kappa shape index (κ2) is 6.68. The summed E-state index contributed by atoms with van der Waals surface area (Å²) < 4.78 is 5.02. The van der Waals surface area contributed by atoms with E-state index in [4.69, 9.17) is 4.74 Å². The van der Waals surface area contributed by atoms with Crippen molar-refractivity contribution in [2.24, 2.45) is 0 Å². The third-order valence-corrected chi connectivity index (χ3v) is 3.56. The monoisotopic (exact) mass is 262 g/mol. The largest absolute Gasteiger partial charge is 0.385 e. The summed E-state index contributed by atoms with van der Waals surface area (Å²) in [5.41, 5.74) is 3.33. The minimum atomic E-state index is 0.120. The van der Waals surface area contributed by atoms with Crippen molar-refractivity contribution in [2.45, 2.75) is 19.4 Å². The number of fused-ring (bicyclic) bond motifs is 1. The quantitative estimate of drug-likeness (QED) is 0.816. The van der Waals surface area contributed by atoms with E-state index in [2.05, 4.69) is 11.4 Å². The van der Waals surface area contributed by atoms with E-state index >= 15 is 0 Å². The van der Waals surface area contributed by atoms with E-state index in [1.165, 1.54) is 11.1 Å². The summed E-state index contributed by atoms with van der Waals surface area (Å²) in [6.07, 6.45) is 1.80. The van der Waals surface area contributed by atoms with Gasteiger partial charge in [-0.1, -0.05) is 12.1 Å². The van der Waals surface area contributed by atoms with Gasteiger partial charge in [0.25, 0.3) is 5.91 Å². The summed E-state index contributed by atoms with van der Waals surface area (Å²) in [5.74, 6) is 0.120. The summed E-state index contributed by atoms with van der Waals surface area (Å²) >= 11 is 0. The molecule has 0 radical (unpaired) electrons. The average Bonchev–Trinajstić information content (AvgIpc) is 2.46. The molecule has 0 bridgehead atoms. The number of hydrogen-bond donors (Lipinski definition) is 1. The van der Waals surface area contributed by atoms with Crippen LogP contribution in [0.15, 0.2) is 18.2 Å². The van der Waals surface area contributed by atoms with Crippen LogP contribution in [0.2, 0.25) is 0 Å². The van der Waals surface area contributed by atoms with E-state index in [0.29, 0.717) is 6.61 Å². The van der Waals surface area contributed by atoms with E-state index in [-0.39, 0.29) is 5.91 Å². The number of ether oxygens (including phenoxy) is 1. The molecule has 0 fully saturated rings. The predicted molar refractivity (Wildman–Crippen MR) is 75.3 cm³/mol. The molecule has 1 aromatic rings. The molecule has 0 unspecified atom stereocenters. The Hall–Kier alpha value is -1.39. The molecular formula is C15H22N2O2. The van der Waals surface area contributed by atoms with Gasteiger partial charge in [0, 0.05) is 39.4 Å². The first kappa shape index (κ1) is 14.0. The second-order valence-corrected chi connectivity index (χ2v) is 4.94. The van der Waals surface area contributed by atoms with Crippen molar-refractivity contribution < 1.29 is 9.53 Å². The SMILES string of the molecule is COCCCN(C)C(=O)c1cccc2c1CCNC2. The number of carbonyl (C=O) groups excluding carboxylic acids is 1. The molecule has 1 aliphatic rings. The molecule has 1 aliphatic heterocycles. The zero-order valence-corrected chi connectivity index (χ0v) is 11.7. The lowest BCUT2D eigenvalue weighted by molar-refractivity contribution is 0.0778. The Morgan fingerprint density at radius 3 is 3.11 bits per heavy atom. The number of carbonyl (C=O) groups is 1. The van der Waals surface area contributed by atoms with Crippen LogP contribution >= 0.6 is 0 Å². The van der Waals surface area contributed by atoms with Gasteiger partial charge in [-0.2, -0.15) is 0 Å². The first-order chi connectivity index (χ1) is 9.24. The van der Waals surface area contributed by atoms with Crippen LogP contribution in [0.4, 0.5) is 0 Å². The number of nitrogens with zero attached hydrogens (tertiary/aromatic N) is 1. The van der Waals surface area contributed by atoms with Gasteiger partial charge in [0.05, 0.1) is 0 Å². The van der Waals surface area contributed by atoms with E-state index in [0.717, 1.165) is 38.0 Å². The predicted octanol–water partition coefficient (Wildman–Crippen LogP) is 1.44. The molecule has 0 saturated heterocycles. The maximum absolute atomic E-state index is 12.5. The van der Waals surface area contributed by atoms with Crippen LogP contribution in [0.3, 0.4) is 0 Å². The Balaban J connectivity index is 2.10. The highest BCUT2D eigenvalue weighted by atomic mass is 16.5. The summed E-state index contributed by atoms with van der Waals surface area (Å²) in [7, 11) is 3.54. The molecular weight excluding hydrogens is 240 g/mol. The lowest BCUT2D eigenvalue weighted by Crippen LogP contribution is -2.31. The molecule has 2 rings (SSSR count). The van der Waals surface area contributed by atoms with Gasteiger partial charge in [-0.15, -0.1) is 0 Å². The molecule has 1 amide bonds. The summed E-state index contributed by atoms with van der Waals surface area (Å²) in [6, 6.07) is 6.02. The maximum atomic E-state index is 12.5. The number of nitrogens with one attached hydrogen (secondary N) is 1. The van der Waals surface area contributed by atoms with E-state index in [1.807, 2.05) is 19.2 Å². The van der Waals surface area contributed by atoms with Gasteiger partial charge in [0.2, 0.25) is 0 Å². The van der Waals surface area contributed by atoms with E-state index < -0.39 is 0 Å². The van der Waals surface area contributed by atoms with Crippen LogP contribution in [0.1, 0.15) is 27.9 Å². The molecule has 0 spiro atoms. The molecule has 1 N–H and O–H groups in total. The standard InChI is InChI=1S/C15H22N2O2/c1-17(9-4-10-19-2)15(18)14-6-3-5-12-11-16-8-7-13(12)14/h3,5-6,16H,4,7-11H2,1-2H3. The molecule has 19 heavy (non-hydrogen) atoms. The minimum Gasteiger partial charge on any atom is -0.385 e. The molecule has 1 aromatic carbocycles. The number of rotatable bonds is 5. The Kier molecular flexibility index (Phi) is 4.93. The first-order valence-corrected chi connectivity index (χ1v) is 6.80. The van der Waals surface area contributed by atoms with Crippen LogP contribution < -0.4 is 5.32 Å². The smallest absolute Gasteiger partial charge is 0.253 e. The van der Waals surface area contributed by atoms with Crippen molar-refractivity contribution in [1.29, 1.82) is 0 Å². The molecule has 1 heterocycles. The number of benzene rings is 1. The summed E-state index contributed by atoms with van der Waals surface area (Å²) in [4.78, 5) is 14.3. The zero-order chi connectivity index (χ0) is 13.7. The van der Waals surface area contributed by atoms with Crippen molar-refractivity contribution in [3.8, 4) is 0 Å². The van der Waals surface area contributed by atoms with Crippen molar-refractivity contribution in [2.75, 3.05) is 33.9 Å². The van der Waals surface area contributed by atoms with Gasteiger partial charge in [-0.05, 0) is 36.6 Å². The van der Waals surface area contributed by atoms with Crippen molar-refractivity contribution in [3.63, 3.8) is 0 Å². The molecule has 0 aliphatic carbocycles. The lowest BCUT2D eigenvalue weighted by Gasteiger charge is -2.23. The number of amides is 1. The van der Waals surface area contributed by atoms with Gasteiger partial charge in [-0.3, -0.25) is 4.79 Å². The number of methoxy groups -OCH3 is 1. The van der Waals surface area contributed by atoms with Gasteiger partial charge in [0.1, 0.15) is 0 Å². The fraction of sp³-hybridized carbons (Fsp3) is 0.533. The Labute approximate surface area is 114 Å². The highest BCUT2D eigenvalue weighted by molar-refractivity contribution is 5.96. The fourth-order valence-corrected chi connectivity index (χ4v) is 2.49. The first-order valence-electron chi connectivity index (χ1n) is 6.80. The fourth-order valence-electron chi connectivity index (χ4n) is 2.49. The Bertz CT molecular complexity index is 446. The van der Waals surface area contributed by atoms with Crippen LogP contribution in [-0.4, -0.2) is 44.7 Å². The molecule has 4 heteroatoms. The van der Waals surface area contributed by atoms with Gasteiger partial charge in [-0.25, -0.2) is 0 Å². The van der Waals surface area contributed by atoms with Gasteiger partial charge in [0.15, 0.2) is 0 Å². The molecule has 0 saturated carbocycles. The minimum absolute atomic E-state index is 0.120. The van der Waals surface area contributed by atoms with Crippen molar-refractivity contribution in [3.05, 3.63) is 34.9 Å². The van der Waals surface area contributed by atoms with Crippen LogP contribution in [0.5, 0.6) is 0 Å². The van der Waals surface area contributed by atoms with Crippen LogP contribution in [0, 0.1) is 0 Å². The van der Waals surface area contributed by atoms with E-state index in [1.54, 1.807) is 12.0 Å². The normalized spacial score (nSPS) is 14.0. The molecule has 104 valence electrons.